The number of primary amides is 1. The monoisotopic (exact) mass is 452 g/mol. The van der Waals surface area contributed by atoms with Gasteiger partial charge in [0.05, 0.1) is 6.61 Å². The molecule has 1 aromatic heterocycles. The molecule has 0 saturated heterocycles. The first-order chi connectivity index (χ1) is 15.0. The lowest BCUT2D eigenvalue weighted by atomic mass is 10.1. The highest BCUT2D eigenvalue weighted by molar-refractivity contribution is 6.15. The SMILES string of the molecule is CCCc1ccccc1.CCOC(=O)CNC(=O)c1ccc[n+](COC(N)=O)c1.CCl. The van der Waals surface area contributed by atoms with Crippen LogP contribution in [0.1, 0.15) is 36.2 Å². The van der Waals surface area contributed by atoms with E-state index in [1.807, 2.05) is 0 Å². The van der Waals surface area contributed by atoms with E-state index in [0.29, 0.717) is 5.56 Å². The molecule has 0 aliphatic rings. The van der Waals surface area contributed by atoms with Crippen LogP contribution in [0.15, 0.2) is 54.9 Å². The van der Waals surface area contributed by atoms with Crippen molar-refractivity contribution < 1.29 is 28.4 Å². The molecule has 2 amide bonds. The van der Waals surface area contributed by atoms with Gasteiger partial charge in [0, 0.05) is 12.4 Å². The third kappa shape index (κ3) is 13.7. The van der Waals surface area contributed by atoms with Crippen LogP contribution in [0.2, 0.25) is 0 Å². The van der Waals surface area contributed by atoms with Gasteiger partial charge < -0.3 is 20.5 Å². The van der Waals surface area contributed by atoms with Crippen molar-refractivity contribution in [3.63, 3.8) is 0 Å². The number of benzene rings is 1. The highest BCUT2D eigenvalue weighted by Gasteiger charge is 2.12. The third-order valence-corrected chi connectivity index (χ3v) is 3.56. The number of hydrogen-bond donors (Lipinski definition) is 2. The van der Waals surface area contributed by atoms with Crippen molar-refractivity contribution in [1.82, 2.24) is 5.32 Å². The minimum Gasteiger partial charge on any atom is -0.465 e. The standard InChI is InChI=1S/C12H15N3O5.C9H12.CH3Cl/c1-2-19-10(16)6-14-11(17)9-4-3-5-15(7-9)8-20-12(13)18;1-2-6-9-7-4-3-5-8-9;1-2/h3-5,7H,2,6,8H2,1H3,(H2-,13,14,17,18);3-5,7-8H,2,6H2,1H3;1H3/p+1. The maximum Gasteiger partial charge on any atom is 0.409 e. The lowest BCUT2D eigenvalue weighted by Gasteiger charge is -2.04. The summed E-state index contributed by atoms with van der Waals surface area (Å²) in [6.07, 6.45) is 6.08. The molecule has 1 aromatic carbocycles. The second-order valence-corrected chi connectivity index (χ2v) is 5.92. The number of nitrogens with two attached hydrogens (primary N) is 1. The van der Waals surface area contributed by atoms with Crippen LogP contribution in [-0.4, -0.2) is 37.5 Å². The highest BCUT2D eigenvalue weighted by Crippen LogP contribution is 2.00. The number of nitrogens with one attached hydrogen (secondary N) is 1. The van der Waals surface area contributed by atoms with E-state index < -0.39 is 18.0 Å². The largest absolute Gasteiger partial charge is 0.465 e. The van der Waals surface area contributed by atoms with Crippen LogP contribution in [-0.2, 0) is 27.4 Å². The first-order valence-corrected chi connectivity index (χ1v) is 10.5. The van der Waals surface area contributed by atoms with Crippen LogP contribution in [0.5, 0.6) is 0 Å². The molecule has 9 heteroatoms. The van der Waals surface area contributed by atoms with Crippen LogP contribution in [0, 0.1) is 0 Å². The Balaban J connectivity index is 0.000000679. The zero-order valence-electron chi connectivity index (χ0n) is 18.2. The molecule has 2 aromatic rings. The van der Waals surface area contributed by atoms with Crippen LogP contribution < -0.4 is 15.6 Å². The van der Waals surface area contributed by atoms with Crippen molar-refractivity contribution in [3.8, 4) is 0 Å². The van der Waals surface area contributed by atoms with Crippen molar-refractivity contribution in [2.75, 3.05) is 19.5 Å². The predicted molar refractivity (Wildman–Crippen MR) is 118 cm³/mol. The topological polar surface area (TPSA) is 112 Å². The molecule has 2 rings (SSSR count). The number of hydrogen-bond acceptors (Lipinski definition) is 5. The van der Waals surface area contributed by atoms with E-state index in [-0.39, 0.29) is 19.9 Å². The Bertz CT molecular complexity index is 788. The molecule has 0 aliphatic heterocycles. The second-order valence-electron chi connectivity index (χ2n) is 5.92. The number of carbonyl (C=O) groups excluding carboxylic acids is 3. The Morgan fingerprint density at radius 3 is 2.29 bits per heavy atom. The number of esters is 1. The average Bonchev–Trinajstić information content (AvgIpc) is 2.79. The maximum absolute atomic E-state index is 11.8. The number of aryl methyl sites for hydroxylation is 1. The summed E-state index contributed by atoms with van der Waals surface area (Å²) in [6, 6.07) is 13.7. The first kappa shape index (κ1) is 27.9. The molecule has 0 saturated carbocycles. The highest BCUT2D eigenvalue weighted by atomic mass is 35.5. The van der Waals surface area contributed by atoms with Gasteiger partial charge in [0.25, 0.3) is 12.6 Å². The van der Waals surface area contributed by atoms with Gasteiger partial charge in [-0.2, -0.15) is 4.57 Å². The van der Waals surface area contributed by atoms with Crippen molar-refractivity contribution in [2.45, 2.75) is 33.4 Å². The number of amides is 2. The number of halogens is 1. The fourth-order valence-corrected chi connectivity index (χ4v) is 2.27. The summed E-state index contributed by atoms with van der Waals surface area (Å²) in [4.78, 5) is 33.4. The number of rotatable bonds is 8. The van der Waals surface area contributed by atoms with E-state index in [4.69, 9.17) is 5.73 Å². The quantitative estimate of drug-likeness (QED) is 0.363. The van der Waals surface area contributed by atoms with Crippen molar-refractivity contribution in [2.24, 2.45) is 5.73 Å². The maximum atomic E-state index is 11.8. The number of nitrogens with zero attached hydrogens (tertiary/aromatic N) is 1. The molecule has 31 heavy (non-hydrogen) atoms. The van der Waals surface area contributed by atoms with Gasteiger partial charge in [0.15, 0.2) is 12.4 Å². The second kappa shape index (κ2) is 17.7. The van der Waals surface area contributed by atoms with Crippen molar-refractivity contribution in [1.29, 1.82) is 0 Å². The van der Waals surface area contributed by atoms with E-state index in [1.165, 1.54) is 35.6 Å². The summed E-state index contributed by atoms with van der Waals surface area (Å²) >= 11 is 4.64. The van der Waals surface area contributed by atoms with Gasteiger partial charge in [0.2, 0.25) is 0 Å². The van der Waals surface area contributed by atoms with Gasteiger partial charge in [-0.15, -0.1) is 11.6 Å². The molecule has 0 unspecified atom stereocenters. The number of pyridine rings is 1. The average molecular weight is 453 g/mol. The summed E-state index contributed by atoms with van der Waals surface area (Å²) in [5, 5.41) is 2.42. The number of aromatic nitrogens is 1. The molecular weight excluding hydrogens is 422 g/mol. The Kier molecular flexibility index (Phi) is 15.9. The lowest BCUT2D eigenvalue weighted by molar-refractivity contribution is -0.727. The van der Waals surface area contributed by atoms with Gasteiger partial charge in [0.1, 0.15) is 12.1 Å². The van der Waals surface area contributed by atoms with Gasteiger partial charge in [-0.25, -0.2) is 4.79 Å². The van der Waals surface area contributed by atoms with Crippen LogP contribution >= 0.6 is 11.6 Å². The van der Waals surface area contributed by atoms with E-state index in [0.717, 1.165) is 0 Å². The summed E-state index contributed by atoms with van der Waals surface area (Å²) in [5.74, 6) is -0.951. The Labute approximate surface area is 188 Å². The smallest absolute Gasteiger partial charge is 0.409 e. The minimum absolute atomic E-state index is 0.103. The van der Waals surface area contributed by atoms with Gasteiger partial charge in [-0.3, -0.25) is 9.59 Å². The Morgan fingerprint density at radius 1 is 1.03 bits per heavy atom. The third-order valence-electron chi connectivity index (χ3n) is 3.56. The Morgan fingerprint density at radius 2 is 1.71 bits per heavy atom. The molecule has 1 heterocycles. The summed E-state index contributed by atoms with van der Waals surface area (Å²) in [7, 11) is 0. The molecular formula is C22H31ClN3O5+. The fraction of sp³-hybridized carbons (Fsp3) is 0.364. The van der Waals surface area contributed by atoms with E-state index >= 15 is 0 Å². The molecule has 0 spiro atoms. The lowest BCUT2D eigenvalue weighted by Crippen LogP contribution is -2.38. The summed E-state index contributed by atoms with van der Waals surface area (Å²) < 4.78 is 10.7. The molecule has 0 bridgehead atoms. The zero-order chi connectivity index (χ0) is 23.5. The van der Waals surface area contributed by atoms with Crippen molar-refractivity contribution in [3.05, 3.63) is 66.0 Å². The molecule has 0 radical (unpaired) electrons. The number of alkyl halides is 1. The molecule has 0 atom stereocenters. The predicted octanol–water partition coefficient (Wildman–Crippen LogP) is 2.81. The van der Waals surface area contributed by atoms with Crippen LogP contribution in [0.25, 0.3) is 0 Å². The molecule has 8 nitrogen and oxygen atoms in total. The van der Waals surface area contributed by atoms with Crippen molar-refractivity contribution >= 4 is 29.6 Å². The van der Waals surface area contributed by atoms with Gasteiger partial charge in [-0.1, -0.05) is 43.7 Å². The van der Waals surface area contributed by atoms with E-state index in [1.54, 1.807) is 25.3 Å². The van der Waals surface area contributed by atoms with Crippen LogP contribution in [0.3, 0.4) is 0 Å². The normalized spacial score (nSPS) is 9.16. The Hall–Kier alpha value is -3.13. The first-order valence-electron chi connectivity index (χ1n) is 9.73. The molecule has 0 fully saturated rings. The molecule has 170 valence electrons. The van der Waals surface area contributed by atoms with Gasteiger partial charge >= 0.3 is 12.1 Å². The van der Waals surface area contributed by atoms with E-state index in [9.17, 15) is 14.4 Å². The number of carbonyl (C=O) groups is 3. The summed E-state index contributed by atoms with van der Waals surface area (Å²) in [6.45, 7) is 3.82. The van der Waals surface area contributed by atoms with E-state index in [2.05, 4.69) is 63.6 Å². The minimum atomic E-state index is -0.908. The fourth-order valence-electron chi connectivity index (χ4n) is 2.27. The zero-order valence-corrected chi connectivity index (χ0v) is 18.9. The van der Waals surface area contributed by atoms with Crippen LogP contribution in [0.4, 0.5) is 4.79 Å². The number of ether oxygens (including phenoxy) is 2. The van der Waals surface area contributed by atoms with Gasteiger partial charge in [-0.05, 0) is 25.0 Å². The summed E-state index contributed by atoms with van der Waals surface area (Å²) in [5.41, 5.74) is 6.60. The molecule has 3 N–H and O–H groups in total. The molecule has 0 aliphatic carbocycles.